The molecule has 1 N–H and O–H groups in total. The molecule has 0 radical (unpaired) electrons. The number of alkyl halides is 3. The van der Waals surface area contributed by atoms with E-state index >= 15 is 4.39 Å². The number of imidazole rings is 1. The molecule has 2 atom stereocenters. The van der Waals surface area contributed by atoms with E-state index in [4.69, 9.17) is 4.74 Å². The smallest absolute Gasteiger partial charge is 0.280 e. The average Bonchev–Trinajstić information content (AvgIpc) is 3.30. The van der Waals surface area contributed by atoms with E-state index in [9.17, 15) is 18.4 Å². The highest BCUT2D eigenvalue weighted by molar-refractivity contribution is 5.95. The molecule has 1 saturated heterocycles. The number of carbonyl (C=O) groups is 2. The summed E-state index contributed by atoms with van der Waals surface area (Å²) >= 11 is 0. The highest BCUT2D eigenvalue weighted by Gasteiger charge is 2.29. The van der Waals surface area contributed by atoms with Crippen LogP contribution in [0.2, 0.25) is 0 Å². The summed E-state index contributed by atoms with van der Waals surface area (Å²) in [5.74, 6) is -1.02. The Labute approximate surface area is 241 Å². The number of hydrogen-bond acceptors (Lipinski definition) is 3. The summed E-state index contributed by atoms with van der Waals surface area (Å²) in [6, 6.07) is 20.0. The fourth-order valence-electron chi connectivity index (χ4n) is 5.30. The monoisotopic (exact) mass is 578 g/mol. The zero-order valence-electron chi connectivity index (χ0n) is 23.5. The zero-order valence-corrected chi connectivity index (χ0v) is 23.5. The van der Waals surface area contributed by atoms with Gasteiger partial charge in [0.2, 0.25) is 11.5 Å². The lowest BCUT2D eigenvalue weighted by molar-refractivity contribution is -0.133. The molecular weight excluding hydrogens is 545 g/mol. The highest BCUT2D eigenvalue weighted by Crippen LogP contribution is 2.30. The lowest BCUT2D eigenvalue weighted by atomic mass is 9.90. The van der Waals surface area contributed by atoms with Crippen LogP contribution in [0, 0.1) is 0 Å². The van der Waals surface area contributed by atoms with Gasteiger partial charge < -0.3 is 19.2 Å². The average molecular weight is 579 g/mol. The Morgan fingerprint density at radius 2 is 1.90 bits per heavy atom. The number of piperidine rings is 1. The molecule has 220 valence electrons. The molecule has 1 aliphatic heterocycles. The normalized spacial score (nSPS) is 17.7. The molecule has 2 heterocycles. The first-order chi connectivity index (χ1) is 20.1. The topological polar surface area (TPSA) is 79.7 Å². The van der Waals surface area contributed by atoms with E-state index in [1.807, 2.05) is 42.5 Å². The third-order valence-corrected chi connectivity index (χ3v) is 7.47. The van der Waals surface area contributed by atoms with Crippen molar-refractivity contribution in [1.29, 1.82) is 0 Å². The molecule has 0 bridgehead atoms. The molecule has 1 fully saturated rings. The van der Waals surface area contributed by atoms with Gasteiger partial charge in [0.05, 0.1) is 36.7 Å². The molecule has 4 aromatic rings. The number of likely N-dealkylation sites (N-methyl/N-ethyl adjacent to an activating group) is 1. The Morgan fingerprint density at radius 3 is 2.67 bits per heavy atom. The van der Waals surface area contributed by atoms with Gasteiger partial charge in [0.25, 0.3) is 12.3 Å². The Balaban J connectivity index is 1.50. The number of aromatic nitrogens is 2. The van der Waals surface area contributed by atoms with Gasteiger partial charge in [-0.3, -0.25) is 9.59 Å². The second kappa shape index (κ2) is 12.4. The molecule has 3 aromatic carbocycles. The number of ether oxygens (including phenoxy) is 1. The van der Waals surface area contributed by atoms with Crippen molar-refractivity contribution < 1.29 is 27.5 Å². The Kier molecular flexibility index (Phi) is 8.63. The molecule has 5 rings (SSSR count). The van der Waals surface area contributed by atoms with Gasteiger partial charge in [0.1, 0.15) is 5.67 Å². The number of rotatable bonds is 9. The number of benzene rings is 3. The molecule has 1 aromatic heterocycles. The molecule has 7 nitrogen and oxygen atoms in total. The van der Waals surface area contributed by atoms with Crippen LogP contribution < -0.4 is 5.62 Å². The Bertz CT molecular complexity index is 1650. The van der Waals surface area contributed by atoms with Crippen molar-refractivity contribution in [2.24, 2.45) is 4.99 Å². The van der Waals surface area contributed by atoms with Crippen molar-refractivity contribution in [3.63, 3.8) is 0 Å². The molecule has 2 unspecified atom stereocenters. The van der Waals surface area contributed by atoms with Gasteiger partial charge in [-0.05, 0) is 55.2 Å². The fraction of sp³-hybridized carbons (Fsp3) is 0.344. The molecule has 0 aliphatic carbocycles. The summed E-state index contributed by atoms with van der Waals surface area (Å²) in [6.07, 6.45) is -1.14. The minimum Gasteiger partial charge on any atom is -0.373 e. The van der Waals surface area contributed by atoms with Crippen LogP contribution in [0.4, 0.5) is 13.2 Å². The van der Waals surface area contributed by atoms with Gasteiger partial charge in [-0.25, -0.2) is 13.2 Å². The van der Waals surface area contributed by atoms with E-state index in [1.165, 1.54) is 25.1 Å². The van der Waals surface area contributed by atoms with E-state index in [1.54, 1.807) is 22.6 Å². The molecular formula is C32H33F3N4O3. The number of hydrogen-bond donors (Lipinski definition) is 1. The number of carbonyl (C=O) groups excluding carboxylic acids is 2. The third-order valence-electron chi connectivity index (χ3n) is 7.47. The second-order valence-electron chi connectivity index (χ2n) is 11.0. The van der Waals surface area contributed by atoms with Gasteiger partial charge in [-0.2, -0.15) is 4.99 Å². The van der Waals surface area contributed by atoms with Crippen molar-refractivity contribution in [3.05, 3.63) is 101 Å². The van der Waals surface area contributed by atoms with Crippen LogP contribution in [0.15, 0.2) is 77.8 Å². The lowest BCUT2D eigenvalue weighted by Gasteiger charge is -2.29. The summed E-state index contributed by atoms with van der Waals surface area (Å²) in [5.41, 5.74) is 0.784. The number of amides is 2. The summed E-state index contributed by atoms with van der Waals surface area (Å²) in [4.78, 5) is 34.9. The van der Waals surface area contributed by atoms with Crippen LogP contribution in [-0.2, 0) is 22.7 Å². The number of aromatic amines is 1. The predicted octanol–water partition coefficient (Wildman–Crippen LogP) is 5.93. The first-order valence-corrected chi connectivity index (χ1v) is 13.9. The number of fused-ring (bicyclic) bond motifs is 1. The number of nitrogens with one attached hydrogen (secondary N) is 1. The second-order valence-corrected chi connectivity index (χ2v) is 11.0. The molecule has 42 heavy (non-hydrogen) atoms. The first kappa shape index (κ1) is 29.3. The van der Waals surface area contributed by atoms with Crippen molar-refractivity contribution in [2.45, 2.75) is 50.9 Å². The standard InChI is InChI=1S/C32H33F3N4O3/c1-32(35,20-42-18-21-8-4-3-5-9-21)19-39-27-14-13-22(25-12-7-15-38(2)30(25)41)17-26(27)36-31(39)37-29(40)24-11-6-10-23(16-24)28(33)34/h3-6,8-11,13-14,16-17,25,28H,7,12,15,18-20H2,1-2H3,(H,36,37,40). The maximum absolute atomic E-state index is 15.9. The maximum atomic E-state index is 15.9. The van der Waals surface area contributed by atoms with Crippen molar-refractivity contribution in [1.82, 2.24) is 14.5 Å². The molecule has 1 aliphatic rings. The minimum atomic E-state index is -2.74. The number of halogens is 3. The number of nitrogens with zero attached hydrogens (tertiary/aromatic N) is 3. The summed E-state index contributed by atoms with van der Waals surface area (Å²) in [6.45, 7) is 1.94. The van der Waals surface area contributed by atoms with Gasteiger partial charge >= 0.3 is 0 Å². The Hall–Kier alpha value is -4.18. The summed E-state index contributed by atoms with van der Waals surface area (Å²) in [5, 5.41) is 0. The largest absolute Gasteiger partial charge is 0.373 e. The van der Waals surface area contributed by atoms with Gasteiger partial charge in [-0.1, -0.05) is 48.5 Å². The molecule has 10 heteroatoms. The number of H-pyrrole nitrogens is 1. The van der Waals surface area contributed by atoms with Crippen molar-refractivity contribution in [3.8, 4) is 0 Å². The Morgan fingerprint density at radius 1 is 1.12 bits per heavy atom. The summed E-state index contributed by atoms with van der Waals surface area (Å²) in [7, 11) is 1.78. The van der Waals surface area contributed by atoms with Crippen LogP contribution in [0.5, 0.6) is 0 Å². The molecule has 0 saturated carbocycles. The maximum Gasteiger partial charge on any atom is 0.280 e. The molecule has 2 amide bonds. The minimum absolute atomic E-state index is 0.0104. The fourth-order valence-corrected chi connectivity index (χ4v) is 5.30. The third kappa shape index (κ3) is 6.65. The van der Waals surface area contributed by atoms with Crippen LogP contribution in [0.1, 0.15) is 59.2 Å². The van der Waals surface area contributed by atoms with Crippen molar-refractivity contribution in [2.75, 3.05) is 20.2 Å². The van der Waals surface area contributed by atoms with E-state index in [-0.39, 0.29) is 48.3 Å². The van der Waals surface area contributed by atoms with Gasteiger partial charge in [0, 0.05) is 24.7 Å². The van der Waals surface area contributed by atoms with E-state index in [0.29, 0.717) is 24.0 Å². The predicted molar refractivity (Wildman–Crippen MR) is 153 cm³/mol. The van der Waals surface area contributed by atoms with Gasteiger partial charge in [0.15, 0.2) is 0 Å². The van der Waals surface area contributed by atoms with Crippen LogP contribution in [0.3, 0.4) is 0 Å². The SMILES string of the molecule is CN1CCCC(c2ccc3c(c2)[nH]/c(=N\C(=O)c2cccc(C(F)F)c2)n3CC(C)(F)COCc2ccccc2)C1=O. The van der Waals surface area contributed by atoms with Crippen LogP contribution in [0.25, 0.3) is 11.0 Å². The lowest BCUT2D eigenvalue weighted by Crippen LogP contribution is -2.37. The van der Waals surface area contributed by atoms with Crippen molar-refractivity contribution >= 4 is 22.8 Å². The number of likely N-dealkylation sites (tertiary alicyclic amines) is 1. The molecule has 0 spiro atoms. The first-order valence-electron chi connectivity index (χ1n) is 13.9. The zero-order chi connectivity index (χ0) is 29.9. The van der Waals surface area contributed by atoms with E-state index in [0.717, 1.165) is 23.6 Å². The van der Waals surface area contributed by atoms with E-state index in [2.05, 4.69) is 9.98 Å². The van der Waals surface area contributed by atoms with Crippen LogP contribution in [-0.4, -0.2) is 52.1 Å². The highest BCUT2D eigenvalue weighted by atomic mass is 19.3. The summed E-state index contributed by atoms with van der Waals surface area (Å²) < 4.78 is 49.6. The van der Waals surface area contributed by atoms with Crippen LogP contribution >= 0.6 is 0 Å². The van der Waals surface area contributed by atoms with Gasteiger partial charge in [-0.15, -0.1) is 0 Å². The van der Waals surface area contributed by atoms with E-state index < -0.39 is 18.0 Å². The quantitative estimate of drug-likeness (QED) is 0.268.